The van der Waals surface area contributed by atoms with Gasteiger partial charge in [-0.15, -0.1) is 0 Å². The molecule has 0 aliphatic carbocycles. The number of amides is 2. The Kier molecular flexibility index (Phi) is 5.16. The predicted molar refractivity (Wildman–Crippen MR) is 111 cm³/mol. The summed E-state index contributed by atoms with van der Waals surface area (Å²) in [6, 6.07) is 13.6. The Bertz CT molecular complexity index is 976. The van der Waals surface area contributed by atoms with Gasteiger partial charge < -0.3 is 25.0 Å². The Morgan fingerprint density at radius 2 is 1.93 bits per heavy atom. The number of aryl methyl sites for hydroxylation is 1. The van der Waals surface area contributed by atoms with Gasteiger partial charge in [-0.25, -0.2) is 4.79 Å². The number of aromatic nitrogens is 1. The van der Waals surface area contributed by atoms with Crippen LogP contribution in [-0.4, -0.2) is 49.3 Å². The summed E-state index contributed by atoms with van der Waals surface area (Å²) in [5, 5.41) is 10.9. The zero-order valence-corrected chi connectivity index (χ0v) is 16.2. The zero-order chi connectivity index (χ0) is 19.5. The molecule has 3 aromatic rings. The molecule has 1 aromatic heterocycles. The largest absolute Gasteiger partial charge is 0.367 e. The van der Waals surface area contributed by atoms with Crippen LogP contribution in [0.3, 0.4) is 0 Å². The Morgan fingerprint density at radius 3 is 2.75 bits per heavy atom. The Morgan fingerprint density at radius 1 is 1.14 bits per heavy atom. The van der Waals surface area contributed by atoms with Crippen molar-refractivity contribution >= 4 is 28.4 Å². The summed E-state index contributed by atoms with van der Waals surface area (Å²) < 4.78 is 5.33. The van der Waals surface area contributed by atoms with Crippen molar-refractivity contribution in [2.45, 2.75) is 13.5 Å². The van der Waals surface area contributed by atoms with Gasteiger partial charge >= 0.3 is 6.03 Å². The highest BCUT2D eigenvalue weighted by atomic mass is 16.5. The number of fused-ring (bicyclic) bond motifs is 1. The molecule has 2 heterocycles. The topological polar surface area (TPSA) is 73.6 Å². The number of hydrogen-bond acceptors (Lipinski definition) is 5. The van der Waals surface area contributed by atoms with E-state index in [0.717, 1.165) is 59.8 Å². The van der Waals surface area contributed by atoms with Crippen LogP contribution in [0, 0.1) is 6.92 Å². The minimum absolute atomic E-state index is 0.259. The SMILES string of the molecule is Cc1ccc2onc(CNC(=O)Nc3ccccc3N3CCN(C)CC3)c2c1. The van der Waals surface area contributed by atoms with Gasteiger partial charge in [0.1, 0.15) is 5.69 Å². The lowest BCUT2D eigenvalue weighted by Crippen LogP contribution is -2.44. The number of piperazine rings is 1. The molecule has 1 aliphatic rings. The van der Waals surface area contributed by atoms with Gasteiger partial charge in [0.2, 0.25) is 0 Å². The smallest absolute Gasteiger partial charge is 0.319 e. The van der Waals surface area contributed by atoms with Crippen LogP contribution in [0.15, 0.2) is 47.0 Å². The first kappa shape index (κ1) is 18.3. The predicted octanol–water partition coefficient (Wildman–Crippen LogP) is 3.21. The molecule has 1 saturated heterocycles. The molecule has 2 aromatic carbocycles. The monoisotopic (exact) mass is 379 g/mol. The van der Waals surface area contributed by atoms with Crippen molar-refractivity contribution in [1.29, 1.82) is 0 Å². The maximum absolute atomic E-state index is 12.5. The van der Waals surface area contributed by atoms with Crippen molar-refractivity contribution < 1.29 is 9.32 Å². The molecule has 28 heavy (non-hydrogen) atoms. The van der Waals surface area contributed by atoms with Crippen LogP contribution < -0.4 is 15.5 Å². The molecule has 4 rings (SSSR count). The summed E-state index contributed by atoms with van der Waals surface area (Å²) in [7, 11) is 2.13. The van der Waals surface area contributed by atoms with Crippen LogP contribution >= 0.6 is 0 Å². The first-order valence-corrected chi connectivity index (χ1v) is 9.52. The number of rotatable bonds is 4. The van der Waals surface area contributed by atoms with Crippen molar-refractivity contribution in [3.05, 3.63) is 53.7 Å². The third kappa shape index (κ3) is 3.94. The van der Waals surface area contributed by atoms with E-state index < -0.39 is 0 Å². The summed E-state index contributed by atoms with van der Waals surface area (Å²) in [5.41, 5.74) is 4.44. The van der Waals surface area contributed by atoms with Crippen LogP contribution in [0.2, 0.25) is 0 Å². The minimum atomic E-state index is -0.259. The van der Waals surface area contributed by atoms with Crippen LogP contribution in [0.5, 0.6) is 0 Å². The number of anilines is 2. The van der Waals surface area contributed by atoms with E-state index in [0.29, 0.717) is 6.54 Å². The number of urea groups is 1. The van der Waals surface area contributed by atoms with Crippen molar-refractivity contribution in [2.75, 3.05) is 43.4 Å². The van der Waals surface area contributed by atoms with Crippen molar-refractivity contribution in [3.63, 3.8) is 0 Å². The maximum atomic E-state index is 12.5. The van der Waals surface area contributed by atoms with Crippen molar-refractivity contribution in [3.8, 4) is 0 Å². The minimum Gasteiger partial charge on any atom is -0.367 e. The van der Waals surface area contributed by atoms with Crippen LogP contribution in [-0.2, 0) is 6.54 Å². The van der Waals surface area contributed by atoms with E-state index in [9.17, 15) is 4.79 Å². The molecule has 2 N–H and O–H groups in total. The first-order valence-electron chi connectivity index (χ1n) is 9.52. The van der Waals surface area contributed by atoms with Gasteiger partial charge in [-0.2, -0.15) is 0 Å². The van der Waals surface area contributed by atoms with E-state index >= 15 is 0 Å². The molecule has 1 aliphatic heterocycles. The van der Waals surface area contributed by atoms with Crippen molar-refractivity contribution in [1.82, 2.24) is 15.4 Å². The van der Waals surface area contributed by atoms with Gasteiger partial charge in [-0.1, -0.05) is 28.9 Å². The molecule has 1 fully saturated rings. The van der Waals surface area contributed by atoms with Gasteiger partial charge in [0.05, 0.1) is 17.9 Å². The molecular formula is C21H25N5O2. The number of nitrogens with one attached hydrogen (secondary N) is 2. The van der Waals surface area contributed by atoms with E-state index in [1.165, 1.54) is 0 Å². The number of para-hydroxylation sites is 2. The lowest BCUT2D eigenvalue weighted by Gasteiger charge is -2.35. The summed E-state index contributed by atoms with van der Waals surface area (Å²) in [5.74, 6) is 0. The van der Waals surface area contributed by atoms with Crippen LogP contribution in [0.1, 0.15) is 11.3 Å². The average molecular weight is 379 g/mol. The summed E-state index contributed by atoms with van der Waals surface area (Å²) in [6.45, 7) is 6.24. The fourth-order valence-corrected chi connectivity index (χ4v) is 3.46. The summed E-state index contributed by atoms with van der Waals surface area (Å²) in [6.07, 6.45) is 0. The molecule has 7 heteroatoms. The highest BCUT2D eigenvalue weighted by molar-refractivity contribution is 5.93. The number of nitrogens with zero attached hydrogens (tertiary/aromatic N) is 3. The fourth-order valence-electron chi connectivity index (χ4n) is 3.46. The Hall–Kier alpha value is -3.06. The van der Waals surface area contributed by atoms with E-state index in [4.69, 9.17) is 4.52 Å². The molecule has 7 nitrogen and oxygen atoms in total. The average Bonchev–Trinajstić information content (AvgIpc) is 3.10. The first-order chi connectivity index (χ1) is 13.6. The van der Waals surface area contributed by atoms with E-state index in [1.807, 2.05) is 43.3 Å². The number of likely N-dealkylation sites (N-methyl/N-ethyl adjacent to an activating group) is 1. The second-order valence-electron chi connectivity index (χ2n) is 7.24. The molecule has 0 unspecified atom stereocenters. The Balaban J connectivity index is 1.42. The van der Waals surface area contributed by atoms with Crippen LogP contribution in [0.4, 0.5) is 16.2 Å². The van der Waals surface area contributed by atoms with Gasteiger partial charge in [-0.3, -0.25) is 0 Å². The second kappa shape index (κ2) is 7.90. The number of hydrogen-bond donors (Lipinski definition) is 2. The fraction of sp³-hybridized carbons (Fsp3) is 0.333. The normalized spacial score (nSPS) is 15.0. The molecule has 0 atom stereocenters. The van der Waals surface area contributed by atoms with Gasteiger partial charge in [-0.05, 0) is 38.2 Å². The number of carbonyl (C=O) groups excluding carboxylic acids is 1. The van der Waals surface area contributed by atoms with Gasteiger partial charge in [0.15, 0.2) is 5.58 Å². The lowest BCUT2D eigenvalue weighted by atomic mass is 10.1. The molecule has 0 saturated carbocycles. The third-order valence-corrected chi connectivity index (χ3v) is 5.11. The quantitative estimate of drug-likeness (QED) is 0.728. The summed E-state index contributed by atoms with van der Waals surface area (Å²) in [4.78, 5) is 17.1. The molecule has 0 radical (unpaired) electrons. The van der Waals surface area contributed by atoms with Gasteiger partial charge in [0.25, 0.3) is 0 Å². The summed E-state index contributed by atoms with van der Waals surface area (Å²) >= 11 is 0. The number of carbonyl (C=O) groups is 1. The zero-order valence-electron chi connectivity index (χ0n) is 16.2. The molecule has 0 spiro atoms. The molecule has 2 amide bonds. The highest BCUT2D eigenvalue weighted by Gasteiger charge is 2.18. The van der Waals surface area contributed by atoms with Crippen molar-refractivity contribution in [2.24, 2.45) is 0 Å². The molecular weight excluding hydrogens is 354 g/mol. The number of benzene rings is 2. The Labute approximate surface area is 164 Å². The van der Waals surface area contributed by atoms with Gasteiger partial charge in [0, 0.05) is 31.6 Å². The lowest BCUT2D eigenvalue weighted by molar-refractivity contribution is 0.251. The third-order valence-electron chi connectivity index (χ3n) is 5.11. The van der Waals surface area contributed by atoms with E-state index in [-0.39, 0.29) is 6.03 Å². The highest BCUT2D eigenvalue weighted by Crippen LogP contribution is 2.26. The maximum Gasteiger partial charge on any atom is 0.319 e. The standard InChI is InChI=1S/C21H25N5O2/c1-15-7-8-20-16(13-15)18(24-28-20)14-22-21(27)23-17-5-3-4-6-19(17)26-11-9-25(2)10-12-26/h3-8,13H,9-12,14H2,1-2H3,(H2,22,23,27). The van der Waals surface area contributed by atoms with E-state index in [2.05, 4.69) is 38.7 Å². The molecule has 0 bridgehead atoms. The van der Waals surface area contributed by atoms with E-state index in [1.54, 1.807) is 0 Å². The second-order valence-corrected chi connectivity index (χ2v) is 7.24. The molecule has 146 valence electrons. The van der Waals surface area contributed by atoms with Crippen LogP contribution in [0.25, 0.3) is 11.0 Å².